The lowest BCUT2D eigenvalue weighted by Gasteiger charge is -2.28. The van der Waals surface area contributed by atoms with Crippen LogP contribution in [0.15, 0.2) is 18.2 Å². The van der Waals surface area contributed by atoms with E-state index >= 15 is 0 Å². The van der Waals surface area contributed by atoms with Crippen LogP contribution in [-0.2, 0) is 0 Å². The normalized spacial score (nSPS) is 14.9. The van der Waals surface area contributed by atoms with Crippen molar-refractivity contribution >= 4 is 11.7 Å². The van der Waals surface area contributed by atoms with Crippen LogP contribution in [0.2, 0.25) is 0 Å². The highest BCUT2D eigenvalue weighted by molar-refractivity contribution is 5.93. The first kappa shape index (κ1) is 12.7. The van der Waals surface area contributed by atoms with Crippen LogP contribution < -0.4 is 4.90 Å². The molecular formula is C14H20N2O2. The van der Waals surface area contributed by atoms with Gasteiger partial charge in [-0.1, -0.05) is 6.07 Å². The molecule has 98 valence electrons. The number of carbonyl (C=O) groups is 1. The standard InChI is InChI=1S/C14H20N2O2/c1-3-16(14(18)15-8-4-5-9-15)13-10-12(17)7-6-11(13)2/h6-7,10,17H,3-5,8-9H2,1-2H3. The van der Waals surface area contributed by atoms with Gasteiger partial charge in [0.1, 0.15) is 5.75 Å². The molecule has 0 spiro atoms. The summed E-state index contributed by atoms with van der Waals surface area (Å²) in [6, 6.07) is 5.19. The van der Waals surface area contributed by atoms with Gasteiger partial charge in [0.15, 0.2) is 0 Å². The van der Waals surface area contributed by atoms with E-state index in [1.54, 1.807) is 17.0 Å². The number of hydrogen-bond donors (Lipinski definition) is 1. The van der Waals surface area contributed by atoms with Gasteiger partial charge in [0.05, 0.1) is 5.69 Å². The average Bonchev–Trinajstić information content (AvgIpc) is 2.88. The molecule has 1 saturated heterocycles. The number of benzene rings is 1. The highest BCUT2D eigenvalue weighted by Crippen LogP contribution is 2.26. The van der Waals surface area contributed by atoms with E-state index in [-0.39, 0.29) is 11.8 Å². The molecule has 0 unspecified atom stereocenters. The molecule has 1 fully saturated rings. The molecule has 2 rings (SSSR count). The lowest BCUT2D eigenvalue weighted by atomic mass is 10.1. The van der Waals surface area contributed by atoms with Crippen LogP contribution in [0.5, 0.6) is 5.75 Å². The molecule has 0 aliphatic carbocycles. The summed E-state index contributed by atoms with van der Waals surface area (Å²) in [4.78, 5) is 16.0. The lowest BCUT2D eigenvalue weighted by molar-refractivity contribution is 0.216. The SMILES string of the molecule is CCN(C(=O)N1CCCC1)c1cc(O)ccc1C. The largest absolute Gasteiger partial charge is 0.508 e. The number of amides is 2. The van der Waals surface area contributed by atoms with Crippen molar-refractivity contribution in [3.63, 3.8) is 0 Å². The number of aromatic hydroxyl groups is 1. The summed E-state index contributed by atoms with van der Waals surface area (Å²) < 4.78 is 0. The number of phenolic OH excluding ortho intramolecular Hbond substituents is 1. The first-order chi connectivity index (χ1) is 8.63. The number of anilines is 1. The third-order valence-corrected chi connectivity index (χ3v) is 3.41. The Balaban J connectivity index is 2.26. The van der Waals surface area contributed by atoms with E-state index in [1.807, 2.05) is 24.8 Å². The monoisotopic (exact) mass is 248 g/mol. The van der Waals surface area contributed by atoms with Gasteiger partial charge in [0.25, 0.3) is 0 Å². The molecule has 2 amide bonds. The average molecular weight is 248 g/mol. The topological polar surface area (TPSA) is 43.8 Å². The summed E-state index contributed by atoms with van der Waals surface area (Å²) in [6.45, 7) is 6.20. The summed E-state index contributed by atoms with van der Waals surface area (Å²) >= 11 is 0. The summed E-state index contributed by atoms with van der Waals surface area (Å²) in [5.41, 5.74) is 1.80. The fourth-order valence-electron chi connectivity index (χ4n) is 2.38. The Hall–Kier alpha value is -1.71. The summed E-state index contributed by atoms with van der Waals surface area (Å²) in [5, 5.41) is 9.58. The van der Waals surface area contributed by atoms with Gasteiger partial charge in [-0.3, -0.25) is 4.90 Å². The molecule has 0 radical (unpaired) electrons. The van der Waals surface area contributed by atoms with E-state index in [4.69, 9.17) is 0 Å². The number of carbonyl (C=O) groups excluding carboxylic acids is 1. The van der Waals surface area contributed by atoms with Gasteiger partial charge in [0.2, 0.25) is 0 Å². The maximum absolute atomic E-state index is 12.4. The molecule has 4 heteroatoms. The van der Waals surface area contributed by atoms with Crippen LogP contribution in [0.4, 0.5) is 10.5 Å². The van der Waals surface area contributed by atoms with Crippen molar-refractivity contribution in [1.29, 1.82) is 0 Å². The van der Waals surface area contributed by atoms with Crippen LogP contribution >= 0.6 is 0 Å². The molecule has 1 aromatic carbocycles. The van der Waals surface area contributed by atoms with Gasteiger partial charge < -0.3 is 10.0 Å². The van der Waals surface area contributed by atoms with Gasteiger partial charge in [-0.15, -0.1) is 0 Å². The van der Waals surface area contributed by atoms with E-state index in [2.05, 4.69) is 0 Å². The molecular weight excluding hydrogens is 228 g/mol. The molecule has 0 aromatic heterocycles. The predicted octanol–water partition coefficient (Wildman–Crippen LogP) is 2.74. The van der Waals surface area contributed by atoms with Gasteiger partial charge in [-0.05, 0) is 38.3 Å². The predicted molar refractivity (Wildman–Crippen MR) is 72.1 cm³/mol. The van der Waals surface area contributed by atoms with E-state index < -0.39 is 0 Å². The lowest BCUT2D eigenvalue weighted by Crippen LogP contribution is -2.42. The van der Waals surface area contributed by atoms with Crippen LogP contribution in [0.1, 0.15) is 25.3 Å². The molecule has 18 heavy (non-hydrogen) atoms. The van der Waals surface area contributed by atoms with Crippen molar-refractivity contribution in [3.8, 4) is 5.75 Å². The maximum Gasteiger partial charge on any atom is 0.324 e. The van der Waals surface area contributed by atoms with Crippen LogP contribution in [0, 0.1) is 6.92 Å². The zero-order chi connectivity index (χ0) is 13.1. The number of rotatable bonds is 2. The van der Waals surface area contributed by atoms with Gasteiger partial charge in [-0.2, -0.15) is 0 Å². The number of likely N-dealkylation sites (tertiary alicyclic amines) is 1. The van der Waals surface area contributed by atoms with Crippen molar-refractivity contribution in [2.75, 3.05) is 24.5 Å². The van der Waals surface area contributed by atoms with Crippen molar-refractivity contribution in [2.45, 2.75) is 26.7 Å². The Bertz CT molecular complexity index is 439. The third-order valence-electron chi connectivity index (χ3n) is 3.41. The van der Waals surface area contributed by atoms with Crippen LogP contribution in [-0.4, -0.2) is 35.7 Å². The fourth-order valence-corrected chi connectivity index (χ4v) is 2.38. The molecule has 0 atom stereocenters. The second-order valence-electron chi connectivity index (χ2n) is 4.69. The zero-order valence-corrected chi connectivity index (χ0v) is 11.0. The highest BCUT2D eigenvalue weighted by Gasteiger charge is 2.24. The minimum Gasteiger partial charge on any atom is -0.508 e. The van der Waals surface area contributed by atoms with Crippen LogP contribution in [0.3, 0.4) is 0 Å². The first-order valence-corrected chi connectivity index (χ1v) is 6.49. The fraction of sp³-hybridized carbons (Fsp3) is 0.500. The number of urea groups is 1. The molecule has 1 aliphatic rings. The first-order valence-electron chi connectivity index (χ1n) is 6.49. The number of hydrogen-bond acceptors (Lipinski definition) is 2. The van der Waals surface area contributed by atoms with Crippen molar-refractivity contribution < 1.29 is 9.90 Å². The number of nitrogens with zero attached hydrogens (tertiary/aromatic N) is 2. The molecule has 4 nitrogen and oxygen atoms in total. The van der Waals surface area contributed by atoms with Gasteiger partial charge >= 0.3 is 6.03 Å². The van der Waals surface area contributed by atoms with Crippen LogP contribution in [0.25, 0.3) is 0 Å². The molecule has 0 bridgehead atoms. The Labute approximate surface area is 108 Å². The minimum absolute atomic E-state index is 0.0451. The smallest absolute Gasteiger partial charge is 0.324 e. The summed E-state index contributed by atoms with van der Waals surface area (Å²) in [5.74, 6) is 0.197. The minimum atomic E-state index is 0.0451. The molecule has 1 aliphatic heterocycles. The molecule has 0 saturated carbocycles. The molecule has 1 heterocycles. The maximum atomic E-state index is 12.4. The Morgan fingerprint density at radius 2 is 2.06 bits per heavy atom. The Kier molecular flexibility index (Phi) is 3.75. The number of phenols is 1. The van der Waals surface area contributed by atoms with E-state index in [9.17, 15) is 9.90 Å². The second-order valence-corrected chi connectivity index (χ2v) is 4.69. The Morgan fingerprint density at radius 3 is 2.67 bits per heavy atom. The highest BCUT2D eigenvalue weighted by atomic mass is 16.3. The van der Waals surface area contributed by atoms with E-state index in [1.165, 1.54) is 0 Å². The molecule has 1 aromatic rings. The number of aryl methyl sites for hydroxylation is 1. The summed E-state index contributed by atoms with van der Waals surface area (Å²) in [6.07, 6.45) is 2.17. The van der Waals surface area contributed by atoms with Gasteiger partial charge in [0, 0.05) is 25.7 Å². The summed E-state index contributed by atoms with van der Waals surface area (Å²) in [7, 11) is 0. The zero-order valence-electron chi connectivity index (χ0n) is 11.0. The van der Waals surface area contributed by atoms with Crippen molar-refractivity contribution in [1.82, 2.24) is 4.90 Å². The Morgan fingerprint density at radius 1 is 1.39 bits per heavy atom. The third kappa shape index (κ3) is 2.42. The van der Waals surface area contributed by atoms with E-state index in [0.29, 0.717) is 6.54 Å². The van der Waals surface area contributed by atoms with Gasteiger partial charge in [-0.25, -0.2) is 4.79 Å². The quantitative estimate of drug-likeness (QED) is 0.874. The van der Waals surface area contributed by atoms with Crippen molar-refractivity contribution in [3.05, 3.63) is 23.8 Å². The van der Waals surface area contributed by atoms with E-state index in [0.717, 1.165) is 37.2 Å². The second kappa shape index (κ2) is 5.29. The molecule has 1 N–H and O–H groups in total. The van der Waals surface area contributed by atoms with Crippen molar-refractivity contribution in [2.24, 2.45) is 0 Å².